The molecule has 5 unspecified atom stereocenters. The van der Waals surface area contributed by atoms with Crippen molar-refractivity contribution in [2.75, 3.05) is 50.8 Å². The molecular weight excluding hydrogens is 588 g/mol. The van der Waals surface area contributed by atoms with Crippen LogP contribution in [0.1, 0.15) is 98.8 Å². The minimum Gasteiger partial charge on any atom is -0.616 e. The molecule has 1 aromatic heterocycles. The number of aromatic nitrogens is 2. The number of hydrogen-bond donors (Lipinski definition) is 0. The van der Waals surface area contributed by atoms with Crippen molar-refractivity contribution in [2.45, 2.75) is 105 Å². The van der Waals surface area contributed by atoms with E-state index < -0.39 is 27.4 Å². The molecule has 0 saturated heterocycles. The Morgan fingerprint density at radius 1 is 0.767 bits per heavy atom. The maximum absolute atomic E-state index is 12.6. The SMILES string of the molecule is CC(C)CCCC(C)CCCC(C)CCCC(C)CCOCC(C[S+]([O-])CCOCCOS(C)(=O)=O)Oc1ncccn1. The van der Waals surface area contributed by atoms with Gasteiger partial charge in [-0.3, -0.25) is 4.18 Å². The molecule has 11 heteroatoms. The van der Waals surface area contributed by atoms with Crippen LogP contribution in [-0.4, -0.2) is 79.8 Å². The van der Waals surface area contributed by atoms with Crippen molar-refractivity contribution in [3.63, 3.8) is 0 Å². The smallest absolute Gasteiger partial charge is 0.316 e. The summed E-state index contributed by atoms with van der Waals surface area (Å²) in [6, 6.07) is 1.94. The summed E-state index contributed by atoms with van der Waals surface area (Å²) in [5.41, 5.74) is 0. The lowest BCUT2D eigenvalue weighted by Gasteiger charge is -2.20. The van der Waals surface area contributed by atoms with Gasteiger partial charge in [0.15, 0.2) is 6.10 Å². The van der Waals surface area contributed by atoms with Gasteiger partial charge in [0.1, 0.15) is 11.5 Å². The number of hydrogen-bond acceptors (Lipinski definition) is 9. The van der Waals surface area contributed by atoms with Gasteiger partial charge < -0.3 is 18.8 Å². The van der Waals surface area contributed by atoms with Crippen LogP contribution >= 0.6 is 0 Å². The number of nitrogens with zero attached hydrogens (tertiary/aromatic N) is 2. The first-order valence-corrected chi connectivity index (χ1v) is 19.5. The van der Waals surface area contributed by atoms with E-state index in [2.05, 4.69) is 48.8 Å². The molecule has 9 nitrogen and oxygen atoms in total. The summed E-state index contributed by atoms with van der Waals surface area (Å²) in [6.45, 7) is 12.9. The van der Waals surface area contributed by atoms with Gasteiger partial charge in [0.05, 0.1) is 32.7 Å². The van der Waals surface area contributed by atoms with E-state index in [1.165, 1.54) is 57.8 Å². The van der Waals surface area contributed by atoms with Crippen LogP contribution in [0.2, 0.25) is 0 Å². The van der Waals surface area contributed by atoms with Gasteiger partial charge in [-0.2, -0.15) is 8.42 Å². The lowest BCUT2D eigenvalue weighted by Crippen LogP contribution is -2.34. The topological polar surface area (TPSA) is 120 Å². The number of rotatable bonds is 28. The van der Waals surface area contributed by atoms with Gasteiger partial charge in [0.2, 0.25) is 0 Å². The van der Waals surface area contributed by atoms with Gasteiger partial charge in [0, 0.05) is 19.0 Å². The minimum atomic E-state index is -3.49. The molecule has 0 aliphatic heterocycles. The predicted octanol–water partition coefficient (Wildman–Crippen LogP) is 6.45. The van der Waals surface area contributed by atoms with Crippen molar-refractivity contribution in [1.29, 1.82) is 0 Å². The second-order valence-corrected chi connectivity index (χ2v) is 15.9. The van der Waals surface area contributed by atoms with Crippen LogP contribution in [0.3, 0.4) is 0 Å². The Morgan fingerprint density at radius 3 is 1.88 bits per heavy atom. The molecule has 0 fully saturated rings. The van der Waals surface area contributed by atoms with Gasteiger partial charge >= 0.3 is 6.01 Å². The van der Waals surface area contributed by atoms with Crippen molar-refractivity contribution in [3.05, 3.63) is 18.5 Å². The average Bonchev–Trinajstić information content (AvgIpc) is 2.92. The van der Waals surface area contributed by atoms with Crippen LogP contribution < -0.4 is 4.74 Å². The fraction of sp³-hybridized carbons (Fsp3) is 0.875. The molecule has 43 heavy (non-hydrogen) atoms. The van der Waals surface area contributed by atoms with Crippen molar-refractivity contribution >= 4 is 21.3 Å². The molecule has 5 atom stereocenters. The molecule has 0 spiro atoms. The van der Waals surface area contributed by atoms with Gasteiger partial charge in [-0.15, -0.1) is 0 Å². The van der Waals surface area contributed by atoms with Gasteiger partial charge in [0.25, 0.3) is 10.1 Å². The van der Waals surface area contributed by atoms with E-state index in [1.807, 2.05) is 0 Å². The first-order chi connectivity index (χ1) is 20.4. The summed E-state index contributed by atoms with van der Waals surface area (Å²) in [7, 11) is -3.49. The number of ether oxygens (including phenoxy) is 3. The Kier molecular flexibility index (Phi) is 22.6. The van der Waals surface area contributed by atoms with Crippen LogP contribution in [0.5, 0.6) is 6.01 Å². The molecule has 0 aromatic carbocycles. The highest BCUT2D eigenvalue weighted by atomic mass is 32.2. The molecule has 0 aliphatic rings. The molecule has 0 radical (unpaired) electrons. The highest BCUT2D eigenvalue weighted by Crippen LogP contribution is 2.22. The standard InChI is InChI=1S/C32H60N2O7S2/c1-27(2)11-7-12-28(3)13-8-14-29(4)15-9-16-30(5)17-20-39-25-31(41-32-33-18-10-19-34-32)26-42(35)24-23-38-21-22-40-43(6,36)37/h10,18-19,27-31H,7-9,11-17,20-26H2,1-6H3. The van der Waals surface area contributed by atoms with E-state index in [1.54, 1.807) is 18.5 Å². The Balaban J connectivity index is 2.25. The van der Waals surface area contributed by atoms with Crippen LogP contribution in [-0.2, 0) is 35.0 Å². The largest absolute Gasteiger partial charge is 0.616 e. The van der Waals surface area contributed by atoms with Crippen LogP contribution in [0.25, 0.3) is 0 Å². The molecular formula is C32H60N2O7S2. The average molecular weight is 649 g/mol. The molecule has 0 amide bonds. The molecule has 1 aromatic rings. The van der Waals surface area contributed by atoms with E-state index in [0.717, 1.165) is 30.4 Å². The summed E-state index contributed by atoms with van der Waals surface area (Å²) in [5.74, 6) is 3.60. The van der Waals surface area contributed by atoms with E-state index in [9.17, 15) is 13.0 Å². The molecule has 1 rings (SSSR count). The zero-order valence-electron chi connectivity index (χ0n) is 27.7. The third kappa shape index (κ3) is 25.0. The zero-order valence-corrected chi connectivity index (χ0v) is 29.3. The summed E-state index contributed by atoms with van der Waals surface area (Å²) in [6.07, 6.45) is 16.6. The Hall–Kier alpha value is -0.980. The van der Waals surface area contributed by atoms with Gasteiger partial charge in [-0.25, -0.2) is 9.97 Å². The summed E-state index contributed by atoms with van der Waals surface area (Å²) < 4.78 is 56.4. The molecule has 0 bridgehead atoms. The molecule has 0 saturated carbocycles. The third-order valence-electron chi connectivity index (χ3n) is 7.49. The molecule has 0 aliphatic carbocycles. The van der Waals surface area contributed by atoms with Crippen molar-refractivity contribution in [1.82, 2.24) is 9.97 Å². The van der Waals surface area contributed by atoms with Crippen molar-refractivity contribution in [3.8, 4) is 6.01 Å². The normalized spacial score (nSPS) is 15.7. The van der Waals surface area contributed by atoms with E-state index >= 15 is 0 Å². The monoisotopic (exact) mass is 648 g/mol. The van der Waals surface area contributed by atoms with Gasteiger partial charge in [-0.1, -0.05) is 92.4 Å². The lowest BCUT2D eigenvalue weighted by molar-refractivity contribution is 0.0490. The Bertz CT molecular complexity index is 893. The maximum Gasteiger partial charge on any atom is 0.316 e. The second-order valence-electron chi connectivity index (χ2n) is 12.6. The van der Waals surface area contributed by atoms with Gasteiger partial charge in [-0.05, 0) is 47.3 Å². The second kappa shape index (κ2) is 24.3. The summed E-state index contributed by atoms with van der Waals surface area (Å²) >= 11 is -1.22. The first-order valence-electron chi connectivity index (χ1n) is 16.2. The Morgan fingerprint density at radius 2 is 1.33 bits per heavy atom. The summed E-state index contributed by atoms with van der Waals surface area (Å²) in [4.78, 5) is 8.23. The highest BCUT2D eigenvalue weighted by Gasteiger charge is 2.21. The van der Waals surface area contributed by atoms with E-state index in [0.29, 0.717) is 24.9 Å². The molecule has 1 heterocycles. The fourth-order valence-corrected chi connectivity index (χ4v) is 6.26. The van der Waals surface area contributed by atoms with Crippen molar-refractivity contribution in [2.24, 2.45) is 23.7 Å². The van der Waals surface area contributed by atoms with E-state index in [-0.39, 0.29) is 31.6 Å². The van der Waals surface area contributed by atoms with E-state index in [4.69, 9.17) is 14.2 Å². The fourth-order valence-electron chi connectivity index (χ4n) is 4.84. The molecule has 0 N–H and O–H groups in total. The zero-order chi connectivity index (χ0) is 31.9. The van der Waals surface area contributed by atoms with Crippen LogP contribution in [0.4, 0.5) is 0 Å². The quantitative estimate of drug-likeness (QED) is 0.0574. The van der Waals surface area contributed by atoms with Crippen LogP contribution in [0, 0.1) is 23.7 Å². The predicted molar refractivity (Wildman–Crippen MR) is 175 cm³/mol. The summed E-state index contributed by atoms with van der Waals surface area (Å²) in [5, 5.41) is 0. The maximum atomic E-state index is 12.6. The van der Waals surface area contributed by atoms with Crippen molar-refractivity contribution < 1.29 is 31.4 Å². The lowest BCUT2D eigenvalue weighted by atomic mass is 9.91. The Labute approximate surface area is 265 Å². The van der Waals surface area contributed by atoms with Crippen LogP contribution in [0.15, 0.2) is 18.5 Å². The highest BCUT2D eigenvalue weighted by molar-refractivity contribution is 7.91. The first kappa shape index (κ1) is 40.0. The molecule has 252 valence electrons. The minimum absolute atomic E-state index is 0.0635. The third-order valence-corrected chi connectivity index (χ3v) is 9.45.